The number of anilines is 1. The summed E-state index contributed by atoms with van der Waals surface area (Å²) in [6.07, 6.45) is 5.80. The molecule has 2 amide bonds. The summed E-state index contributed by atoms with van der Waals surface area (Å²) < 4.78 is 32.1. The second-order valence-corrected chi connectivity index (χ2v) is 4.50. The maximum Gasteiger partial charge on any atom is 0.286 e. The predicted molar refractivity (Wildman–Crippen MR) is 80.4 cm³/mol. The molecule has 2 aromatic rings. The maximum atomic E-state index is 13.7. The number of furan rings is 1. The third-order valence-electron chi connectivity index (χ3n) is 2.86. The van der Waals surface area contributed by atoms with Gasteiger partial charge in [-0.2, -0.15) is 0 Å². The first-order valence-electron chi connectivity index (χ1n) is 6.48. The smallest absolute Gasteiger partial charge is 0.286 e. The van der Waals surface area contributed by atoms with Crippen molar-refractivity contribution < 1.29 is 22.8 Å². The van der Waals surface area contributed by atoms with E-state index in [1.807, 2.05) is 0 Å². The average molecular weight is 321 g/mol. The van der Waals surface area contributed by atoms with Gasteiger partial charge < -0.3 is 21.2 Å². The van der Waals surface area contributed by atoms with Gasteiger partial charge in [0.1, 0.15) is 11.5 Å². The van der Waals surface area contributed by atoms with Crippen molar-refractivity contribution in [2.45, 2.75) is 6.42 Å². The molecule has 6 nitrogen and oxygen atoms in total. The molecule has 0 aliphatic heterocycles. The van der Waals surface area contributed by atoms with Crippen LogP contribution in [0.4, 0.5) is 14.5 Å². The Balaban J connectivity index is 2.40. The van der Waals surface area contributed by atoms with Crippen LogP contribution in [-0.2, 0) is 4.79 Å². The zero-order valence-electron chi connectivity index (χ0n) is 11.8. The Morgan fingerprint density at radius 2 is 2.00 bits per heavy atom. The van der Waals surface area contributed by atoms with E-state index in [-0.39, 0.29) is 23.1 Å². The van der Waals surface area contributed by atoms with Gasteiger partial charge in [0.2, 0.25) is 11.7 Å². The molecule has 23 heavy (non-hydrogen) atoms. The first-order chi connectivity index (χ1) is 10.9. The summed E-state index contributed by atoms with van der Waals surface area (Å²) >= 11 is 0. The predicted octanol–water partition coefficient (Wildman–Crippen LogP) is 2.17. The standard InChI is InChI=1S/C15H13F2N3O3/c16-8-6-9-12(20-11(21)4-2-1-3-5-18)14(15(19)22)23-13(9)10(17)7-8/h1-3,5-7H,4,18H2,(H2,19,22)(H,20,21)/b2-1-,5-3-. The fourth-order valence-corrected chi connectivity index (χ4v) is 1.93. The Bertz CT molecular complexity index is 825. The number of fused-ring (bicyclic) bond motifs is 1. The average Bonchev–Trinajstić information content (AvgIpc) is 2.83. The highest BCUT2D eigenvalue weighted by molar-refractivity contribution is 6.10. The Morgan fingerprint density at radius 1 is 1.26 bits per heavy atom. The monoisotopic (exact) mass is 321 g/mol. The molecule has 0 saturated carbocycles. The van der Waals surface area contributed by atoms with Crippen LogP contribution in [0.15, 0.2) is 41.0 Å². The van der Waals surface area contributed by atoms with Crippen LogP contribution in [0.25, 0.3) is 11.0 Å². The Labute approximate surface area is 129 Å². The Morgan fingerprint density at radius 3 is 2.65 bits per heavy atom. The fraction of sp³-hybridized carbons (Fsp3) is 0.0667. The van der Waals surface area contributed by atoms with E-state index in [0.29, 0.717) is 6.07 Å². The highest BCUT2D eigenvalue weighted by Crippen LogP contribution is 2.33. The highest BCUT2D eigenvalue weighted by atomic mass is 19.1. The summed E-state index contributed by atoms with van der Waals surface area (Å²) in [5, 5.41) is 2.29. The Hall–Kier alpha value is -3.16. The number of halogens is 2. The number of carbonyl (C=O) groups excluding carboxylic acids is 2. The quantitative estimate of drug-likeness (QED) is 0.733. The van der Waals surface area contributed by atoms with Gasteiger partial charge in [0.15, 0.2) is 11.4 Å². The second-order valence-electron chi connectivity index (χ2n) is 4.50. The number of carbonyl (C=O) groups is 2. The molecular formula is C15H13F2N3O3. The first-order valence-corrected chi connectivity index (χ1v) is 6.48. The van der Waals surface area contributed by atoms with Crippen LogP contribution in [0.3, 0.4) is 0 Å². The minimum Gasteiger partial charge on any atom is -0.446 e. The molecule has 0 saturated heterocycles. The molecule has 0 atom stereocenters. The lowest BCUT2D eigenvalue weighted by Crippen LogP contribution is -2.16. The molecule has 0 aliphatic rings. The van der Waals surface area contributed by atoms with Crippen molar-refractivity contribution in [1.29, 1.82) is 0 Å². The first kappa shape index (κ1) is 16.2. The number of nitrogens with one attached hydrogen (secondary N) is 1. The molecule has 1 heterocycles. The number of nitrogens with two attached hydrogens (primary N) is 2. The van der Waals surface area contributed by atoms with Gasteiger partial charge in [-0.1, -0.05) is 12.2 Å². The lowest BCUT2D eigenvalue weighted by molar-refractivity contribution is -0.115. The van der Waals surface area contributed by atoms with Gasteiger partial charge in [-0.15, -0.1) is 0 Å². The lowest BCUT2D eigenvalue weighted by Gasteiger charge is -2.03. The van der Waals surface area contributed by atoms with E-state index >= 15 is 0 Å². The normalized spacial score (nSPS) is 11.6. The van der Waals surface area contributed by atoms with E-state index in [1.165, 1.54) is 18.4 Å². The van der Waals surface area contributed by atoms with Crippen molar-refractivity contribution in [3.63, 3.8) is 0 Å². The summed E-state index contributed by atoms with van der Waals surface area (Å²) in [4.78, 5) is 23.3. The van der Waals surface area contributed by atoms with E-state index in [9.17, 15) is 18.4 Å². The molecule has 8 heteroatoms. The number of benzene rings is 1. The van der Waals surface area contributed by atoms with Crippen molar-refractivity contribution >= 4 is 28.5 Å². The summed E-state index contributed by atoms with van der Waals surface area (Å²) in [6, 6.07) is 1.54. The van der Waals surface area contributed by atoms with Crippen molar-refractivity contribution in [2.75, 3.05) is 5.32 Å². The van der Waals surface area contributed by atoms with Crippen LogP contribution in [0.5, 0.6) is 0 Å². The third-order valence-corrected chi connectivity index (χ3v) is 2.86. The van der Waals surface area contributed by atoms with Gasteiger partial charge in [0.05, 0.1) is 5.39 Å². The molecule has 5 N–H and O–H groups in total. The van der Waals surface area contributed by atoms with Gasteiger partial charge >= 0.3 is 0 Å². The minimum atomic E-state index is -1.02. The fourth-order valence-electron chi connectivity index (χ4n) is 1.93. The van der Waals surface area contributed by atoms with Gasteiger partial charge in [-0.05, 0) is 18.3 Å². The van der Waals surface area contributed by atoms with Gasteiger partial charge in [-0.25, -0.2) is 8.78 Å². The number of primary amides is 1. The van der Waals surface area contributed by atoms with Crippen LogP contribution in [0.2, 0.25) is 0 Å². The van der Waals surface area contributed by atoms with Crippen LogP contribution in [-0.4, -0.2) is 11.8 Å². The Kier molecular flexibility index (Phi) is 4.75. The molecular weight excluding hydrogens is 308 g/mol. The molecule has 1 aromatic heterocycles. The summed E-state index contributed by atoms with van der Waals surface area (Å²) in [5.74, 6) is -3.88. The van der Waals surface area contributed by atoms with Crippen molar-refractivity contribution in [1.82, 2.24) is 0 Å². The van der Waals surface area contributed by atoms with Crippen molar-refractivity contribution in [3.8, 4) is 0 Å². The molecule has 2 rings (SSSR count). The zero-order valence-corrected chi connectivity index (χ0v) is 11.8. The lowest BCUT2D eigenvalue weighted by atomic mass is 10.2. The van der Waals surface area contributed by atoms with Crippen molar-refractivity contribution in [2.24, 2.45) is 11.5 Å². The van der Waals surface area contributed by atoms with E-state index < -0.39 is 29.2 Å². The minimum absolute atomic E-state index is 0.0486. The number of allylic oxidation sites excluding steroid dienone is 2. The molecule has 1 aromatic carbocycles. The van der Waals surface area contributed by atoms with E-state index in [4.69, 9.17) is 15.9 Å². The SMILES string of the molecule is N/C=C\C=C/CC(=O)Nc1c(C(N)=O)oc2c(F)cc(F)cc12. The van der Waals surface area contributed by atoms with Gasteiger partial charge in [0.25, 0.3) is 5.91 Å². The van der Waals surface area contributed by atoms with Crippen molar-refractivity contribution in [3.05, 3.63) is 54.0 Å². The summed E-state index contributed by atoms with van der Waals surface area (Å²) in [6.45, 7) is 0. The van der Waals surface area contributed by atoms with Crippen LogP contribution < -0.4 is 16.8 Å². The van der Waals surface area contributed by atoms with E-state index in [0.717, 1.165) is 6.07 Å². The number of hydrogen-bond donors (Lipinski definition) is 3. The summed E-state index contributed by atoms with van der Waals surface area (Å²) in [5.41, 5.74) is 9.74. The number of hydrogen-bond acceptors (Lipinski definition) is 4. The largest absolute Gasteiger partial charge is 0.446 e. The number of rotatable bonds is 5. The van der Waals surface area contributed by atoms with Crippen LogP contribution in [0.1, 0.15) is 17.0 Å². The number of amides is 2. The topological polar surface area (TPSA) is 111 Å². The zero-order chi connectivity index (χ0) is 17.0. The molecule has 0 fully saturated rings. The summed E-state index contributed by atoms with van der Waals surface area (Å²) in [7, 11) is 0. The molecule has 0 bridgehead atoms. The molecule has 0 unspecified atom stereocenters. The highest BCUT2D eigenvalue weighted by Gasteiger charge is 2.23. The molecule has 0 radical (unpaired) electrons. The van der Waals surface area contributed by atoms with Gasteiger partial charge in [0, 0.05) is 12.5 Å². The maximum absolute atomic E-state index is 13.7. The second kappa shape index (κ2) is 6.73. The molecule has 120 valence electrons. The van der Waals surface area contributed by atoms with E-state index in [2.05, 4.69) is 5.32 Å². The van der Waals surface area contributed by atoms with E-state index in [1.54, 1.807) is 6.08 Å². The van der Waals surface area contributed by atoms with Crippen LogP contribution >= 0.6 is 0 Å². The molecule has 0 spiro atoms. The van der Waals surface area contributed by atoms with Gasteiger partial charge in [-0.3, -0.25) is 9.59 Å². The van der Waals surface area contributed by atoms with Crippen LogP contribution in [0, 0.1) is 11.6 Å². The third kappa shape index (κ3) is 3.54. The molecule has 0 aliphatic carbocycles.